The zero-order valence-electron chi connectivity index (χ0n) is 9.73. The molecule has 0 radical (unpaired) electrons. The van der Waals surface area contributed by atoms with Crippen LogP contribution in [0.5, 0.6) is 0 Å². The number of aryl methyl sites for hydroxylation is 1. The number of halogens is 1. The second-order valence-electron chi connectivity index (χ2n) is 3.87. The Morgan fingerprint density at radius 3 is 2.88 bits per heavy atom. The molecule has 1 fully saturated rings. The number of morpholine rings is 1. The first kappa shape index (κ1) is 14.0. The lowest BCUT2D eigenvalue weighted by Gasteiger charge is -2.23. The van der Waals surface area contributed by atoms with Crippen LogP contribution in [0.2, 0.25) is 0 Å². The first-order valence-electron chi connectivity index (χ1n) is 5.46. The van der Waals surface area contributed by atoms with E-state index in [2.05, 4.69) is 10.6 Å². The SMILES string of the molecule is Cc1ccccc1NC(=O)C1CNCCO1.Cl. The van der Waals surface area contributed by atoms with E-state index in [1.807, 2.05) is 31.2 Å². The van der Waals surface area contributed by atoms with Crippen LogP contribution in [0.4, 0.5) is 5.69 Å². The van der Waals surface area contributed by atoms with Crippen molar-refractivity contribution in [3.8, 4) is 0 Å². The summed E-state index contributed by atoms with van der Waals surface area (Å²) in [5.74, 6) is -0.0819. The van der Waals surface area contributed by atoms with E-state index in [1.54, 1.807) is 0 Å². The first-order chi connectivity index (χ1) is 7.77. The van der Waals surface area contributed by atoms with Gasteiger partial charge in [-0.1, -0.05) is 18.2 Å². The molecule has 1 aliphatic heterocycles. The summed E-state index contributed by atoms with van der Waals surface area (Å²) in [4.78, 5) is 11.8. The zero-order chi connectivity index (χ0) is 11.4. The summed E-state index contributed by atoms with van der Waals surface area (Å²) in [5.41, 5.74) is 1.90. The van der Waals surface area contributed by atoms with E-state index in [0.29, 0.717) is 13.2 Å². The van der Waals surface area contributed by atoms with E-state index in [4.69, 9.17) is 4.74 Å². The number of ether oxygens (including phenoxy) is 1. The second kappa shape index (κ2) is 6.59. The van der Waals surface area contributed by atoms with Crippen molar-refractivity contribution in [1.29, 1.82) is 0 Å². The molecule has 1 heterocycles. The van der Waals surface area contributed by atoms with Gasteiger partial charge in [-0.2, -0.15) is 0 Å². The Kier molecular flexibility index (Phi) is 5.41. The minimum atomic E-state index is -0.381. The summed E-state index contributed by atoms with van der Waals surface area (Å²) >= 11 is 0. The van der Waals surface area contributed by atoms with Crippen molar-refractivity contribution in [2.24, 2.45) is 0 Å². The Morgan fingerprint density at radius 1 is 1.47 bits per heavy atom. The number of amides is 1. The van der Waals surface area contributed by atoms with Gasteiger partial charge in [-0.15, -0.1) is 12.4 Å². The number of carbonyl (C=O) groups is 1. The molecule has 0 bridgehead atoms. The molecule has 0 saturated carbocycles. The summed E-state index contributed by atoms with van der Waals surface area (Å²) in [6, 6.07) is 7.71. The minimum Gasteiger partial charge on any atom is -0.366 e. The normalized spacial score (nSPS) is 19.2. The van der Waals surface area contributed by atoms with Crippen LogP contribution in [0.25, 0.3) is 0 Å². The van der Waals surface area contributed by atoms with Crippen molar-refractivity contribution in [3.05, 3.63) is 29.8 Å². The lowest BCUT2D eigenvalue weighted by Crippen LogP contribution is -2.45. The van der Waals surface area contributed by atoms with E-state index < -0.39 is 0 Å². The van der Waals surface area contributed by atoms with Crippen LogP contribution in [0.1, 0.15) is 5.56 Å². The molecule has 1 amide bonds. The summed E-state index contributed by atoms with van der Waals surface area (Å²) in [6.45, 7) is 3.95. The van der Waals surface area contributed by atoms with Gasteiger partial charge in [-0.3, -0.25) is 4.79 Å². The molecule has 17 heavy (non-hydrogen) atoms. The fraction of sp³-hybridized carbons (Fsp3) is 0.417. The molecule has 1 atom stereocenters. The number of carbonyl (C=O) groups excluding carboxylic acids is 1. The standard InChI is InChI=1S/C12H16N2O2.ClH/c1-9-4-2-3-5-10(9)14-12(15)11-8-13-6-7-16-11;/h2-5,11,13H,6-8H2,1H3,(H,14,15);1H. The van der Waals surface area contributed by atoms with Gasteiger partial charge in [0.15, 0.2) is 0 Å². The van der Waals surface area contributed by atoms with Crippen molar-refractivity contribution in [2.45, 2.75) is 13.0 Å². The number of rotatable bonds is 2. The molecular weight excluding hydrogens is 240 g/mol. The Morgan fingerprint density at radius 2 is 2.24 bits per heavy atom. The molecule has 2 N–H and O–H groups in total. The number of hydrogen-bond acceptors (Lipinski definition) is 3. The van der Waals surface area contributed by atoms with Gasteiger partial charge >= 0.3 is 0 Å². The Labute approximate surface area is 107 Å². The predicted molar refractivity (Wildman–Crippen MR) is 69.7 cm³/mol. The van der Waals surface area contributed by atoms with Gasteiger partial charge in [0.25, 0.3) is 5.91 Å². The highest BCUT2D eigenvalue weighted by Crippen LogP contribution is 2.13. The quantitative estimate of drug-likeness (QED) is 0.840. The van der Waals surface area contributed by atoms with Gasteiger partial charge in [-0.05, 0) is 18.6 Å². The van der Waals surface area contributed by atoms with Gasteiger partial charge < -0.3 is 15.4 Å². The maximum absolute atomic E-state index is 11.8. The van der Waals surface area contributed by atoms with Crippen molar-refractivity contribution in [1.82, 2.24) is 5.32 Å². The van der Waals surface area contributed by atoms with Gasteiger partial charge in [0.05, 0.1) is 6.61 Å². The van der Waals surface area contributed by atoms with E-state index in [9.17, 15) is 4.79 Å². The van der Waals surface area contributed by atoms with Crippen molar-refractivity contribution >= 4 is 24.0 Å². The molecule has 1 aromatic carbocycles. The van der Waals surface area contributed by atoms with Crippen LogP contribution in [-0.2, 0) is 9.53 Å². The predicted octanol–water partition coefficient (Wildman–Crippen LogP) is 1.34. The molecule has 5 heteroatoms. The molecule has 0 aromatic heterocycles. The molecule has 1 aliphatic rings. The topological polar surface area (TPSA) is 50.4 Å². The van der Waals surface area contributed by atoms with E-state index in [0.717, 1.165) is 17.8 Å². The number of anilines is 1. The Balaban J connectivity index is 0.00000144. The van der Waals surface area contributed by atoms with Crippen LogP contribution >= 0.6 is 12.4 Å². The molecular formula is C12H17ClN2O2. The number of nitrogens with one attached hydrogen (secondary N) is 2. The fourth-order valence-corrected chi connectivity index (χ4v) is 1.66. The molecule has 1 aromatic rings. The third-order valence-corrected chi connectivity index (χ3v) is 2.62. The number of benzene rings is 1. The fourth-order valence-electron chi connectivity index (χ4n) is 1.66. The van der Waals surface area contributed by atoms with Crippen LogP contribution in [0, 0.1) is 6.92 Å². The molecule has 0 spiro atoms. The van der Waals surface area contributed by atoms with Crippen molar-refractivity contribution in [3.63, 3.8) is 0 Å². The first-order valence-corrected chi connectivity index (χ1v) is 5.46. The van der Waals surface area contributed by atoms with E-state index >= 15 is 0 Å². The highest BCUT2D eigenvalue weighted by molar-refractivity contribution is 5.95. The van der Waals surface area contributed by atoms with Crippen LogP contribution in [0.15, 0.2) is 24.3 Å². The maximum atomic E-state index is 11.8. The van der Waals surface area contributed by atoms with E-state index in [1.165, 1.54) is 0 Å². The maximum Gasteiger partial charge on any atom is 0.254 e. The van der Waals surface area contributed by atoms with Crippen LogP contribution in [-0.4, -0.2) is 31.7 Å². The van der Waals surface area contributed by atoms with Gasteiger partial charge in [0.1, 0.15) is 6.10 Å². The summed E-state index contributed by atoms with van der Waals surface area (Å²) in [7, 11) is 0. The largest absolute Gasteiger partial charge is 0.366 e. The number of hydrogen-bond donors (Lipinski definition) is 2. The molecule has 0 aliphatic carbocycles. The molecule has 4 nitrogen and oxygen atoms in total. The molecule has 1 saturated heterocycles. The third kappa shape index (κ3) is 3.70. The summed E-state index contributed by atoms with van der Waals surface area (Å²) in [5, 5.41) is 6.01. The summed E-state index contributed by atoms with van der Waals surface area (Å²) < 4.78 is 5.38. The average Bonchev–Trinajstić information content (AvgIpc) is 2.33. The molecule has 94 valence electrons. The van der Waals surface area contributed by atoms with Gasteiger partial charge in [0, 0.05) is 18.8 Å². The number of para-hydroxylation sites is 1. The second-order valence-corrected chi connectivity index (χ2v) is 3.87. The monoisotopic (exact) mass is 256 g/mol. The molecule has 2 rings (SSSR count). The Hall–Kier alpha value is -1.10. The van der Waals surface area contributed by atoms with Crippen molar-refractivity contribution < 1.29 is 9.53 Å². The minimum absolute atomic E-state index is 0. The highest BCUT2D eigenvalue weighted by Gasteiger charge is 2.21. The third-order valence-electron chi connectivity index (χ3n) is 2.62. The zero-order valence-corrected chi connectivity index (χ0v) is 10.5. The average molecular weight is 257 g/mol. The molecule has 1 unspecified atom stereocenters. The van der Waals surface area contributed by atoms with Gasteiger partial charge in [-0.25, -0.2) is 0 Å². The Bertz CT molecular complexity index is 379. The lowest BCUT2D eigenvalue weighted by atomic mass is 10.2. The van der Waals surface area contributed by atoms with Gasteiger partial charge in [0.2, 0.25) is 0 Å². The van der Waals surface area contributed by atoms with Crippen molar-refractivity contribution in [2.75, 3.05) is 25.0 Å². The van der Waals surface area contributed by atoms with E-state index in [-0.39, 0.29) is 24.4 Å². The van der Waals surface area contributed by atoms with Crippen LogP contribution in [0.3, 0.4) is 0 Å². The smallest absolute Gasteiger partial charge is 0.254 e. The van der Waals surface area contributed by atoms with Crippen LogP contribution < -0.4 is 10.6 Å². The highest BCUT2D eigenvalue weighted by atomic mass is 35.5. The lowest BCUT2D eigenvalue weighted by molar-refractivity contribution is -0.128. The summed E-state index contributed by atoms with van der Waals surface area (Å²) in [6.07, 6.45) is -0.381.